The average Bonchev–Trinajstić information content (AvgIpc) is 3.00. The van der Waals surface area contributed by atoms with Gasteiger partial charge in [-0.3, -0.25) is 15.0 Å². The highest BCUT2D eigenvalue weighted by Gasteiger charge is 2.40. The van der Waals surface area contributed by atoms with Crippen LogP contribution in [-0.2, 0) is 14.0 Å². The summed E-state index contributed by atoms with van der Waals surface area (Å²) in [5, 5.41) is 3.24. The monoisotopic (exact) mass is 318 g/mol. The van der Waals surface area contributed by atoms with Gasteiger partial charge in [-0.1, -0.05) is 12.8 Å². The smallest absolute Gasteiger partial charge is 0.280 e. The maximum Gasteiger partial charge on any atom is 0.280 e. The van der Waals surface area contributed by atoms with E-state index in [0.29, 0.717) is 25.8 Å². The van der Waals surface area contributed by atoms with Gasteiger partial charge in [0, 0.05) is 25.7 Å². The second kappa shape index (κ2) is 7.04. The molecular formula is C13H27N4O3P. The molecule has 0 amide bonds. The molecule has 122 valence electrons. The van der Waals surface area contributed by atoms with Crippen LogP contribution in [0.15, 0.2) is 0 Å². The van der Waals surface area contributed by atoms with Gasteiger partial charge in [-0.2, -0.15) is 0 Å². The van der Waals surface area contributed by atoms with Crippen LogP contribution in [0.1, 0.15) is 25.7 Å². The molecular weight excluding hydrogens is 291 g/mol. The van der Waals surface area contributed by atoms with E-state index in [4.69, 9.17) is 15.0 Å². The molecule has 0 radical (unpaired) electrons. The Morgan fingerprint density at radius 3 is 2.43 bits per heavy atom. The molecule has 3 fully saturated rings. The molecule has 1 aliphatic carbocycles. The molecule has 3 rings (SSSR count). The van der Waals surface area contributed by atoms with Gasteiger partial charge in [0.15, 0.2) is 0 Å². The molecule has 7 nitrogen and oxygen atoms in total. The lowest BCUT2D eigenvalue weighted by atomic mass is 10.3. The van der Waals surface area contributed by atoms with E-state index in [0.717, 1.165) is 39.1 Å². The molecule has 1 saturated carbocycles. The zero-order chi connectivity index (χ0) is 14.7. The first-order chi connectivity index (χ1) is 10.2. The molecule has 2 unspecified atom stereocenters. The van der Waals surface area contributed by atoms with Gasteiger partial charge in [-0.15, -0.1) is 0 Å². The van der Waals surface area contributed by atoms with Crippen molar-refractivity contribution in [2.75, 3.05) is 46.1 Å². The Labute approximate surface area is 126 Å². The molecule has 2 atom stereocenters. The summed E-state index contributed by atoms with van der Waals surface area (Å²) in [5.74, 6) is 0. The zero-order valence-electron chi connectivity index (χ0n) is 12.6. The van der Waals surface area contributed by atoms with Crippen molar-refractivity contribution < 1.29 is 14.0 Å². The van der Waals surface area contributed by atoms with Crippen molar-refractivity contribution in [3.8, 4) is 0 Å². The standard InChI is InChI=1S/C13H27N4O3P/c14-21(18,15-12-3-1-2-4-12)17-7-10-20-11-13(17)16-5-8-19-9-6-16/h12-13H,1-11H2,(H3,14,15,18). The second-order valence-electron chi connectivity index (χ2n) is 6.10. The van der Waals surface area contributed by atoms with E-state index in [1.807, 2.05) is 4.67 Å². The van der Waals surface area contributed by atoms with Gasteiger partial charge in [0.05, 0.1) is 32.6 Å². The fourth-order valence-corrected chi connectivity index (χ4v) is 5.41. The Bertz CT molecular complexity index is 386. The second-order valence-corrected chi connectivity index (χ2v) is 8.12. The van der Waals surface area contributed by atoms with Gasteiger partial charge in [-0.05, 0) is 12.8 Å². The summed E-state index contributed by atoms with van der Waals surface area (Å²) in [6, 6.07) is 0.300. The van der Waals surface area contributed by atoms with Crippen molar-refractivity contribution >= 4 is 7.59 Å². The molecule has 3 aliphatic rings. The van der Waals surface area contributed by atoms with Crippen LogP contribution in [0, 0.1) is 0 Å². The van der Waals surface area contributed by atoms with Gasteiger partial charge in [0.2, 0.25) is 0 Å². The van der Waals surface area contributed by atoms with E-state index in [1.54, 1.807) is 0 Å². The molecule has 2 aliphatic heterocycles. The van der Waals surface area contributed by atoms with Crippen LogP contribution in [0.3, 0.4) is 0 Å². The first-order valence-corrected chi connectivity index (χ1v) is 9.73. The van der Waals surface area contributed by atoms with Gasteiger partial charge in [-0.25, -0.2) is 9.76 Å². The van der Waals surface area contributed by atoms with Crippen molar-refractivity contribution in [1.29, 1.82) is 0 Å². The highest BCUT2D eigenvalue weighted by atomic mass is 31.2. The Kier molecular flexibility index (Phi) is 5.32. The predicted molar refractivity (Wildman–Crippen MR) is 80.9 cm³/mol. The number of hydrogen-bond donors (Lipinski definition) is 2. The first-order valence-electron chi connectivity index (χ1n) is 8.00. The molecule has 0 aromatic carbocycles. The summed E-state index contributed by atoms with van der Waals surface area (Å²) in [7, 11) is -3.02. The number of ether oxygens (including phenoxy) is 2. The first kappa shape index (κ1) is 15.9. The lowest BCUT2D eigenvalue weighted by Gasteiger charge is -2.45. The molecule has 21 heavy (non-hydrogen) atoms. The maximum absolute atomic E-state index is 13.1. The predicted octanol–water partition coefficient (Wildman–Crippen LogP) is 0.576. The molecule has 0 bridgehead atoms. The van der Waals surface area contributed by atoms with Crippen molar-refractivity contribution in [3.05, 3.63) is 0 Å². The van der Waals surface area contributed by atoms with Crippen LogP contribution in [0.4, 0.5) is 0 Å². The molecule has 3 N–H and O–H groups in total. The largest absolute Gasteiger partial charge is 0.379 e. The van der Waals surface area contributed by atoms with Crippen LogP contribution in [0.25, 0.3) is 0 Å². The van der Waals surface area contributed by atoms with Crippen LogP contribution < -0.4 is 10.6 Å². The fraction of sp³-hybridized carbons (Fsp3) is 1.00. The third kappa shape index (κ3) is 3.85. The number of nitrogens with one attached hydrogen (secondary N) is 1. The number of rotatable bonds is 4. The summed E-state index contributed by atoms with van der Waals surface area (Å²) < 4.78 is 26.0. The average molecular weight is 318 g/mol. The summed E-state index contributed by atoms with van der Waals surface area (Å²) in [4.78, 5) is 2.28. The van der Waals surface area contributed by atoms with Crippen molar-refractivity contribution in [3.63, 3.8) is 0 Å². The van der Waals surface area contributed by atoms with E-state index in [9.17, 15) is 4.57 Å². The van der Waals surface area contributed by atoms with Gasteiger partial charge in [0.1, 0.15) is 0 Å². The number of nitrogens with two attached hydrogens (primary N) is 1. The third-order valence-electron chi connectivity index (χ3n) is 4.65. The Hall–Kier alpha value is -0.0100. The minimum Gasteiger partial charge on any atom is -0.379 e. The molecule has 8 heteroatoms. The van der Waals surface area contributed by atoms with E-state index < -0.39 is 7.59 Å². The number of hydrogen-bond acceptors (Lipinski definition) is 4. The molecule has 2 heterocycles. The van der Waals surface area contributed by atoms with Crippen molar-refractivity contribution in [2.24, 2.45) is 5.50 Å². The Morgan fingerprint density at radius 1 is 1.05 bits per heavy atom. The summed E-state index contributed by atoms with van der Waals surface area (Å²) in [6.45, 7) is 4.89. The van der Waals surface area contributed by atoms with Crippen LogP contribution in [0.2, 0.25) is 0 Å². The topological polar surface area (TPSA) is 80.1 Å². The quantitative estimate of drug-likeness (QED) is 0.734. The molecule has 0 spiro atoms. The van der Waals surface area contributed by atoms with Gasteiger partial charge < -0.3 is 9.47 Å². The van der Waals surface area contributed by atoms with E-state index in [2.05, 4.69) is 9.99 Å². The highest BCUT2D eigenvalue weighted by molar-refractivity contribution is 7.57. The fourth-order valence-electron chi connectivity index (χ4n) is 3.49. The van der Waals surface area contributed by atoms with Gasteiger partial charge in [0.25, 0.3) is 7.59 Å². The number of morpholine rings is 2. The summed E-state index contributed by atoms with van der Waals surface area (Å²) in [5.41, 5.74) is 6.23. The molecule has 2 saturated heterocycles. The van der Waals surface area contributed by atoms with E-state index in [-0.39, 0.29) is 6.17 Å². The zero-order valence-corrected chi connectivity index (χ0v) is 13.5. The molecule has 0 aromatic rings. The minimum absolute atomic E-state index is 0.00705. The summed E-state index contributed by atoms with van der Waals surface area (Å²) in [6.07, 6.45) is 4.55. The Morgan fingerprint density at radius 2 is 1.71 bits per heavy atom. The van der Waals surface area contributed by atoms with E-state index in [1.165, 1.54) is 12.8 Å². The maximum atomic E-state index is 13.1. The van der Waals surface area contributed by atoms with E-state index >= 15 is 0 Å². The van der Waals surface area contributed by atoms with Crippen molar-refractivity contribution in [2.45, 2.75) is 37.9 Å². The normalized spacial score (nSPS) is 33.1. The van der Waals surface area contributed by atoms with Crippen LogP contribution in [0.5, 0.6) is 0 Å². The van der Waals surface area contributed by atoms with Crippen LogP contribution in [-0.4, -0.2) is 67.8 Å². The summed E-state index contributed by atoms with van der Waals surface area (Å²) >= 11 is 0. The Balaban J connectivity index is 1.68. The lowest BCUT2D eigenvalue weighted by Crippen LogP contribution is -2.58. The van der Waals surface area contributed by atoms with Gasteiger partial charge >= 0.3 is 0 Å². The van der Waals surface area contributed by atoms with Crippen LogP contribution >= 0.6 is 7.59 Å². The lowest BCUT2D eigenvalue weighted by molar-refractivity contribution is -0.0738. The molecule has 0 aromatic heterocycles. The minimum atomic E-state index is -3.02. The van der Waals surface area contributed by atoms with Crippen molar-refractivity contribution in [1.82, 2.24) is 14.7 Å². The third-order valence-corrected chi connectivity index (χ3v) is 6.61. The highest BCUT2D eigenvalue weighted by Crippen LogP contribution is 2.42. The number of nitrogens with zero attached hydrogens (tertiary/aromatic N) is 2. The SMILES string of the molecule is NP(=O)(NC1CCCC1)N1CCOCC1N1CCOCC1.